The maximum atomic E-state index is 14.0. The van der Waals surface area contributed by atoms with Crippen LogP contribution in [0.1, 0.15) is 68.8 Å². The van der Waals surface area contributed by atoms with E-state index in [1.165, 1.54) is 4.90 Å². The van der Waals surface area contributed by atoms with Gasteiger partial charge in [-0.1, -0.05) is 106 Å². The first-order valence-electron chi connectivity index (χ1n) is 23.9. The lowest BCUT2D eigenvalue weighted by molar-refractivity contribution is -0.144. The highest BCUT2D eigenvalue weighted by atomic mass is 35.5. The van der Waals surface area contributed by atoms with Gasteiger partial charge in [-0.3, -0.25) is 19.4 Å². The van der Waals surface area contributed by atoms with E-state index < -0.39 is 29.5 Å². The number of hydrogen-bond donors (Lipinski definition) is 3. The number of rotatable bonds is 25. The van der Waals surface area contributed by atoms with Crippen LogP contribution in [-0.4, -0.2) is 135 Å². The SMILES string of the molecule is Cc1ncsc1-c1ccc(CNC(=O)[C@@H]2C[C@@H](O)CN2C(=O)[C@@H](NC(=O)CCOCCOCCOCCOCCN(C)c2cncc(C3C=NC(Cl)=C(/C=C/c4ccccc4)C3C)c2)C(C)(C)C)cc1. The van der Waals surface area contributed by atoms with Crippen molar-refractivity contribution in [1.29, 1.82) is 0 Å². The second-order valence-corrected chi connectivity index (χ2v) is 19.8. The lowest BCUT2D eigenvalue weighted by Gasteiger charge is -2.35. The van der Waals surface area contributed by atoms with Crippen molar-refractivity contribution in [1.82, 2.24) is 25.5 Å². The van der Waals surface area contributed by atoms with Crippen molar-refractivity contribution in [2.75, 3.05) is 77.9 Å². The third-order valence-electron chi connectivity index (χ3n) is 12.3. The predicted octanol–water partition coefficient (Wildman–Crippen LogP) is 7.18. The molecule has 4 aromatic rings. The number of likely N-dealkylation sites (N-methyl/N-ethyl adjacent to an activating group) is 1. The molecule has 2 unspecified atom stereocenters. The Morgan fingerprint density at radius 1 is 0.943 bits per heavy atom. The van der Waals surface area contributed by atoms with Gasteiger partial charge >= 0.3 is 0 Å². The number of aryl methyl sites for hydroxylation is 1. The fourth-order valence-corrected chi connectivity index (χ4v) is 9.29. The standard InChI is InChI=1S/C53H68ClN7O8S/c1-36-44(17-14-38-10-8-7-9-11-38)50(54)56-33-45(36)41-28-42(32-55-31-41)60(6)19-21-67-23-25-69-27-26-68-24-22-66-20-18-47(63)59-49(53(3,4)5)52(65)61-34-43(62)29-46(61)51(64)57-30-39-12-15-40(16-13-39)48-37(2)58-35-70-48/h7-17,28,31-33,35-36,43,45-46,49,62H,18-27,29-30,34H2,1-6H3,(H,57,64)(H,59,63)/b17-14+/t36?,43-,45?,46+,49-/m1/s1. The number of aliphatic hydroxyl groups is 1. The Kier molecular flexibility index (Phi) is 20.6. The summed E-state index contributed by atoms with van der Waals surface area (Å²) in [5, 5.41) is 16.9. The Bertz CT molecular complexity index is 2410. The van der Waals surface area contributed by atoms with Crippen LogP contribution < -0.4 is 15.5 Å². The Morgan fingerprint density at radius 3 is 2.27 bits per heavy atom. The van der Waals surface area contributed by atoms with Gasteiger partial charge in [-0.2, -0.15) is 0 Å². The first-order valence-corrected chi connectivity index (χ1v) is 25.1. The molecule has 3 amide bonds. The number of aliphatic imine (C=N–C) groups is 1. The summed E-state index contributed by atoms with van der Waals surface area (Å²) >= 11 is 8.12. The Morgan fingerprint density at radius 2 is 1.61 bits per heavy atom. The van der Waals surface area contributed by atoms with E-state index in [9.17, 15) is 19.5 Å². The molecule has 0 saturated carbocycles. The van der Waals surface area contributed by atoms with Crippen molar-refractivity contribution in [2.24, 2.45) is 16.3 Å². The van der Waals surface area contributed by atoms with E-state index in [1.54, 1.807) is 11.3 Å². The molecule has 5 atom stereocenters. The quantitative estimate of drug-likeness (QED) is 0.0453. The minimum Gasteiger partial charge on any atom is -0.391 e. The molecule has 0 bridgehead atoms. The first kappa shape index (κ1) is 54.0. The van der Waals surface area contributed by atoms with Gasteiger partial charge < -0.3 is 44.5 Å². The van der Waals surface area contributed by atoms with Crippen LogP contribution in [0.15, 0.2) is 100 Å². The van der Waals surface area contributed by atoms with Crippen LogP contribution in [0.5, 0.6) is 0 Å². The lowest BCUT2D eigenvalue weighted by Crippen LogP contribution is -2.57. The topological polar surface area (TPSA) is 177 Å². The molecule has 17 heteroatoms. The summed E-state index contributed by atoms with van der Waals surface area (Å²) in [6.45, 7) is 13.6. The second kappa shape index (κ2) is 26.8. The largest absolute Gasteiger partial charge is 0.391 e. The normalized spacial score (nSPS) is 18.7. The van der Waals surface area contributed by atoms with Gasteiger partial charge in [0.15, 0.2) is 0 Å². The molecule has 0 aliphatic carbocycles. The molecule has 70 heavy (non-hydrogen) atoms. The van der Waals surface area contributed by atoms with Crippen molar-refractivity contribution in [3.05, 3.63) is 118 Å². The van der Waals surface area contributed by atoms with E-state index in [1.807, 2.05) is 101 Å². The third-order valence-corrected chi connectivity index (χ3v) is 13.6. The summed E-state index contributed by atoms with van der Waals surface area (Å²) < 4.78 is 22.7. The average molecular weight is 999 g/mol. The number of benzene rings is 2. The van der Waals surface area contributed by atoms with Gasteiger partial charge in [-0.25, -0.2) is 9.98 Å². The summed E-state index contributed by atoms with van der Waals surface area (Å²) in [5.74, 6) is -0.979. The van der Waals surface area contributed by atoms with Crippen LogP contribution in [0.25, 0.3) is 16.5 Å². The number of thiazole rings is 1. The van der Waals surface area contributed by atoms with E-state index in [0.717, 1.165) is 44.1 Å². The van der Waals surface area contributed by atoms with E-state index >= 15 is 0 Å². The highest BCUT2D eigenvalue weighted by Gasteiger charge is 2.44. The molecule has 4 heterocycles. The minimum atomic E-state index is -0.923. The highest BCUT2D eigenvalue weighted by Crippen LogP contribution is 2.37. The fourth-order valence-electron chi connectivity index (χ4n) is 8.18. The minimum absolute atomic E-state index is 0.000452. The number of carbonyl (C=O) groups excluding carboxylic acids is 3. The third kappa shape index (κ3) is 15.8. The van der Waals surface area contributed by atoms with Gasteiger partial charge in [0.05, 0.1) is 86.9 Å². The lowest BCUT2D eigenvalue weighted by atomic mass is 9.82. The van der Waals surface area contributed by atoms with E-state index in [2.05, 4.69) is 67.8 Å². The van der Waals surface area contributed by atoms with Crippen molar-refractivity contribution in [3.8, 4) is 10.4 Å². The van der Waals surface area contributed by atoms with Gasteiger partial charge in [0, 0.05) is 57.9 Å². The molecule has 6 rings (SSSR count). The molecule has 0 radical (unpaired) electrons. The van der Waals surface area contributed by atoms with Gasteiger partial charge in [0.2, 0.25) is 17.7 Å². The number of likely N-dealkylation sites (tertiary alicyclic amines) is 1. The van der Waals surface area contributed by atoms with E-state index in [-0.39, 0.29) is 62.8 Å². The molecule has 3 N–H and O–H groups in total. The molecular formula is C53H68ClN7O8S. The van der Waals surface area contributed by atoms with Gasteiger partial charge in [0.25, 0.3) is 0 Å². The van der Waals surface area contributed by atoms with Crippen LogP contribution in [0.3, 0.4) is 0 Å². The zero-order valence-corrected chi connectivity index (χ0v) is 42.7. The monoisotopic (exact) mass is 997 g/mol. The molecule has 1 fully saturated rings. The second-order valence-electron chi connectivity index (χ2n) is 18.6. The predicted molar refractivity (Wildman–Crippen MR) is 276 cm³/mol. The molecule has 15 nitrogen and oxygen atoms in total. The average Bonchev–Trinajstić information content (AvgIpc) is 3.97. The molecule has 2 aromatic heterocycles. The number of nitrogens with one attached hydrogen (secondary N) is 2. The maximum absolute atomic E-state index is 14.0. The van der Waals surface area contributed by atoms with Crippen molar-refractivity contribution >= 4 is 58.6 Å². The Labute approximate surface area is 421 Å². The number of β-amino-alcohol motifs (C(OH)–C–C–N with tert-alkyl or cyclic N) is 1. The van der Waals surface area contributed by atoms with Crippen LogP contribution in [0.4, 0.5) is 5.69 Å². The molecule has 0 spiro atoms. The van der Waals surface area contributed by atoms with Gasteiger partial charge in [-0.15, -0.1) is 11.3 Å². The first-order chi connectivity index (χ1) is 33.7. The molecule has 2 aliphatic rings. The molecular weight excluding hydrogens is 930 g/mol. The summed E-state index contributed by atoms with van der Waals surface area (Å²) in [6.07, 6.45) is 9.06. The molecule has 1 saturated heterocycles. The maximum Gasteiger partial charge on any atom is 0.246 e. The molecule has 376 valence electrons. The number of nitrogens with zero attached hydrogens (tertiary/aromatic N) is 5. The van der Waals surface area contributed by atoms with Crippen molar-refractivity contribution in [2.45, 2.75) is 78.1 Å². The zero-order valence-electron chi connectivity index (χ0n) is 41.1. The smallest absolute Gasteiger partial charge is 0.246 e. The number of carbonyl (C=O) groups is 3. The molecule has 2 aliphatic heterocycles. The Balaban J connectivity index is 0.806. The van der Waals surface area contributed by atoms with Crippen LogP contribution in [-0.2, 0) is 39.9 Å². The molecule has 2 aromatic carbocycles. The number of ether oxygens (including phenoxy) is 4. The van der Waals surface area contributed by atoms with Crippen molar-refractivity contribution < 1.29 is 38.4 Å². The number of hydrogen-bond acceptors (Lipinski definition) is 13. The summed E-state index contributed by atoms with van der Waals surface area (Å²) in [6, 6.07) is 18.4. The number of aromatic nitrogens is 2. The number of anilines is 1. The summed E-state index contributed by atoms with van der Waals surface area (Å²) in [4.78, 5) is 58.4. The fraction of sp³-hybridized carbons (Fsp3) is 0.472. The zero-order chi connectivity index (χ0) is 50.0. The van der Waals surface area contributed by atoms with Crippen LogP contribution in [0, 0.1) is 18.3 Å². The van der Waals surface area contributed by atoms with Crippen LogP contribution >= 0.6 is 22.9 Å². The van der Waals surface area contributed by atoms with Gasteiger partial charge in [0.1, 0.15) is 17.2 Å². The van der Waals surface area contributed by atoms with Crippen LogP contribution in [0.2, 0.25) is 0 Å². The number of aliphatic hydroxyl groups excluding tert-OH is 1. The van der Waals surface area contributed by atoms with Crippen molar-refractivity contribution in [3.63, 3.8) is 0 Å². The van der Waals surface area contributed by atoms with E-state index in [0.29, 0.717) is 51.3 Å². The highest BCUT2D eigenvalue weighted by molar-refractivity contribution is 7.13. The Hall–Kier alpha value is -5.33. The number of pyridine rings is 1. The summed E-state index contributed by atoms with van der Waals surface area (Å²) in [7, 11) is 2.01. The number of allylic oxidation sites excluding steroid dienone is 2. The number of amides is 3. The van der Waals surface area contributed by atoms with Gasteiger partial charge in [-0.05, 0) is 52.1 Å². The number of halogens is 1. The van der Waals surface area contributed by atoms with E-state index in [4.69, 9.17) is 30.5 Å². The summed E-state index contributed by atoms with van der Waals surface area (Å²) in [5.41, 5.74) is 8.21.